The lowest BCUT2D eigenvalue weighted by molar-refractivity contribution is 0.128. The molecule has 0 aromatic rings. The highest BCUT2D eigenvalue weighted by molar-refractivity contribution is 4.78. The fourth-order valence-electron chi connectivity index (χ4n) is 2.81. The number of likely N-dealkylation sites (tertiary alicyclic amines) is 1. The van der Waals surface area contributed by atoms with Crippen molar-refractivity contribution in [3.63, 3.8) is 0 Å². The summed E-state index contributed by atoms with van der Waals surface area (Å²) >= 11 is 0. The molecule has 0 spiro atoms. The molecule has 1 saturated heterocycles. The molecule has 4 nitrogen and oxygen atoms in total. The maximum Gasteiger partial charge on any atom is 0.0597 e. The highest BCUT2D eigenvalue weighted by atomic mass is 16.3. The van der Waals surface area contributed by atoms with Gasteiger partial charge in [0.25, 0.3) is 0 Å². The van der Waals surface area contributed by atoms with Crippen LogP contribution in [0.25, 0.3) is 0 Å². The summed E-state index contributed by atoms with van der Waals surface area (Å²) in [6, 6.07) is 0.656. The van der Waals surface area contributed by atoms with Crippen LogP contribution >= 0.6 is 0 Å². The van der Waals surface area contributed by atoms with Gasteiger partial charge in [-0.1, -0.05) is 13.8 Å². The molecule has 1 unspecified atom stereocenters. The summed E-state index contributed by atoms with van der Waals surface area (Å²) < 4.78 is 0. The molecule has 18 heavy (non-hydrogen) atoms. The first kappa shape index (κ1) is 15.9. The van der Waals surface area contributed by atoms with Crippen molar-refractivity contribution in [3.05, 3.63) is 0 Å². The standard InChI is InChI=1S/C14H31N3O/c1-12(2)15-14(11-18)10-17-7-5-13(6-8-17)9-16(3)4/h12-15,18H,5-11H2,1-4H3. The molecular formula is C14H31N3O. The molecule has 0 aromatic heterocycles. The number of hydrogen-bond donors (Lipinski definition) is 2. The van der Waals surface area contributed by atoms with E-state index in [1.54, 1.807) is 0 Å². The van der Waals surface area contributed by atoms with Crippen LogP contribution in [-0.2, 0) is 0 Å². The zero-order chi connectivity index (χ0) is 13.5. The lowest BCUT2D eigenvalue weighted by Crippen LogP contribution is -2.48. The minimum absolute atomic E-state index is 0.218. The third-order valence-electron chi connectivity index (χ3n) is 3.60. The van der Waals surface area contributed by atoms with Crippen molar-refractivity contribution >= 4 is 0 Å². The molecule has 4 heteroatoms. The second-order valence-electron chi connectivity index (χ2n) is 6.21. The third kappa shape index (κ3) is 6.14. The number of hydrogen-bond acceptors (Lipinski definition) is 4. The quantitative estimate of drug-likeness (QED) is 0.701. The van der Waals surface area contributed by atoms with Gasteiger partial charge in [-0.3, -0.25) is 0 Å². The van der Waals surface area contributed by atoms with Gasteiger partial charge in [0.15, 0.2) is 0 Å². The normalized spacial score (nSPS) is 20.8. The van der Waals surface area contributed by atoms with Crippen molar-refractivity contribution in [2.24, 2.45) is 5.92 Å². The Labute approximate surface area is 112 Å². The predicted molar refractivity (Wildman–Crippen MR) is 76.9 cm³/mol. The fraction of sp³-hybridized carbons (Fsp3) is 1.00. The Morgan fingerprint density at radius 1 is 1.28 bits per heavy atom. The van der Waals surface area contributed by atoms with Crippen LogP contribution in [0.4, 0.5) is 0 Å². The maximum absolute atomic E-state index is 9.38. The number of nitrogens with one attached hydrogen (secondary N) is 1. The van der Waals surface area contributed by atoms with Crippen LogP contribution in [0.5, 0.6) is 0 Å². The molecule has 1 atom stereocenters. The molecule has 0 radical (unpaired) electrons. The van der Waals surface area contributed by atoms with Crippen molar-refractivity contribution < 1.29 is 5.11 Å². The van der Waals surface area contributed by atoms with Gasteiger partial charge >= 0.3 is 0 Å². The molecule has 1 aliphatic heterocycles. The van der Waals surface area contributed by atoms with Crippen LogP contribution in [0.15, 0.2) is 0 Å². The molecule has 0 aliphatic carbocycles. The molecule has 0 saturated carbocycles. The Morgan fingerprint density at radius 3 is 2.33 bits per heavy atom. The van der Waals surface area contributed by atoms with E-state index in [2.05, 4.69) is 43.1 Å². The van der Waals surface area contributed by atoms with Gasteiger partial charge in [-0.15, -0.1) is 0 Å². The Hall–Kier alpha value is -0.160. The molecule has 2 N–H and O–H groups in total. The smallest absolute Gasteiger partial charge is 0.0597 e. The minimum Gasteiger partial charge on any atom is -0.395 e. The molecule has 1 aliphatic rings. The van der Waals surface area contributed by atoms with E-state index < -0.39 is 0 Å². The molecule has 1 fully saturated rings. The largest absolute Gasteiger partial charge is 0.395 e. The van der Waals surface area contributed by atoms with Crippen LogP contribution in [0.2, 0.25) is 0 Å². The summed E-state index contributed by atoms with van der Waals surface area (Å²) in [4.78, 5) is 4.78. The van der Waals surface area contributed by atoms with Gasteiger partial charge in [0, 0.05) is 25.2 Å². The van der Waals surface area contributed by atoms with Gasteiger partial charge in [-0.05, 0) is 45.9 Å². The molecule has 0 amide bonds. The first-order chi connectivity index (χ1) is 8.51. The van der Waals surface area contributed by atoms with E-state index in [1.165, 1.54) is 32.5 Å². The summed E-state index contributed by atoms with van der Waals surface area (Å²) in [5.41, 5.74) is 0. The monoisotopic (exact) mass is 257 g/mol. The third-order valence-corrected chi connectivity index (χ3v) is 3.60. The Balaban J connectivity index is 2.25. The Morgan fingerprint density at radius 2 is 1.89 bits per heavy atom. The van der Waals surface area contributed by atoms with Crippen molar-refractivity contribution in [2.45, 2.75) is 38.8 Å². The number of rotatable bonds is 7. The number of nitrogens with zero attached hydrogens (tertiary/aromatic N) is 2. The number of aliphatic hydroxyl groups excluding tert-OH is 1. The van der Waals surface area contributed by atoms with Gasteiger partial charge in [-0.2, -0.15) is 0 Å². The van der Waals surface area contributed by atoms with Crippen molar-refractivity contribution in [3.8, 4) is 0 Å². The van der Waals surface area contributed by atoms with Crippen LogP contribution in [0, 0.1) is 5.92 Å². The summed E-state index contributed by atoms with van der Waals surface area (Å²) in [6.07, 6.45) is 2.58. The molecule has 1 heterocycles. The second-order valence-corrected chi connectivity index (χ2v) is 6.21. The van der Waals surface area contributed by atoms with Gasteiger partial charge in [0.1, 0.15) is 0 Å². The van der Waals surface area contributed by atoms with E-state index >= 15 is 0 Å². The van der Waals surface area contributed by atoms with Crippen LogP contribution in [0.3, 0.4) is 0 Å². The molecule has 0 bridgehead atoms. The molecule has 0 aromatic carbocycles. The van der Waals surface area contributed by atoms with Crippen LogP contribution in [0.1, 0.15) is 26.7 Å². The van der Waals surface area contributed by atoms with Crippen molar-refractivity contribution in [1.82, 2.24) is 15.1 Å². The summed E-state index contributed by atoms with van der Waals surface area (Å²) in [6.45, 7) is 9.03. The average Bonchev–Trinajstić information content (AvgIpc) is 2.29. The molecular weight excluding hydrogens is 226 g/mol. The van der Waals surface area contributed by atoms with E-state index in [0.29, 0.717) is 6.04 Å². The van der Waals surface area contributed by atoms with E-state index in [9.17, 15) is 5.11 Å². The lowest BCUT2D eigenvalue weighted by atomic mass is 9.96. The van der Waals surface area contributed by atoms with Gasteiger partial charge in [-0.25, -0.2) is 0 Å². The number of aliphatic hydroxyl groups is 1. The van der Waals surface area contributed by atoms with Gasteiger partial charge < -0.3 is 20.2 Å². The van der Waals surface area contributed by atoms with E-state index in [-0.39, 0.29) is 12.6 Å². The van der Waals surface area contributed by atoms with E-state index in [0.717, 1.165) is 12.5 Å². The average molecular weight is 257 g/mol. The highest BCUT2D eigenvalue weighted by Gasteiger charge is 2.21. The summed E-state index contributed by atoms with van der Waals surface area (Å²) in [7, 11) is 4.31. The minimum atomic E-state index is 0.218. The topological polar surface area (TPSA) is 38.7 Å². The van der Waals surface area contributed by atoms with Crippen molar-refractivity contribution in [1.29, 1.82) is 0 Å². The maximum atomic E-state index is 9.38. The Kier molecular flexibility index (Phi) is 7.15. The second kappa shape index (κ2) is 8.10. The molecule has 1 rings (SSSR count). The predicted octanol–water partition coefficient (Wildman–Crippen LogP) is 0.619. The van der Waals surface area contributed by atoms with Gasteiger partial charge in [0.05, 0.1) is 6.61 Å². The van der Waals surface area contributed by atoms with E-state index in [1.807, 2.05) is 0 Å². The first-order valence-electron chi connectivity index (χ1n) is 7.25. The Bertz CT molecular complexity index is 213. The zero-order valence-electron chi connectivity index (χ0n) is 12.5. The SMILES string of the molecule is CC(C)NC(CO)CN1CCC(CN(C)C)CC1. The zero-order valence-corrected chi connectivity index (χ0v) is 12.5. The van der Waals surface area contributed by atoms with Gasteiger partial charge in [0.2, 0.25) is 0 Å². The molecule has 108 valence electrons. The lowest BCUT2D eigenvalue weighted by Gasteiger charge is -2.35. The number of piperidine rings is 1. The van der Waals surface area contributed by atoms with Crippen LogP contribution < -0.4 is 5.32 Å². The van der Waals surface area contributed by atoms with E-state index in [4.69, 9.17) is 0 Å². The summed E-state index contributed by atoms with van der Waals surface area (Å²) in [5, 5.41) is 12.8. The summed E-state index contributed by atoms with van der Waals surface area (Å²) in [5.74, 6) is 0.849. The first-order valence-corrected chi connectivity index (χ1v) is 7.25. The highest BCUT2D eigenvalue weighted by Crippen LogP contribution is 2.17. The van der Waals surface area contributed by atoms with Crippen molar-refractivity contribution in [2.75, 3.05) is 46.9 Å². The van der Waals surface area contributed by atoms with Crippen LogP contribution in [-0.4, -0.2) is 73.9 Å². The fourth-order valence-corrected chi connectivity index (χ4v) is 2.81.